The SMILES string of the molecule is Nc1ccccc1CNc1cccc(Cn2ccnc2)c1. The molecule has 0 aliphatic rings. The van der Waals surface area contributed by atoms with Crippen LogP contribution in [0.1, 0.15) is 11.1 Å². The molecule has 4 nitrogen and oxygen atoms in total. The molecule has 0 aliphatic heterocycles. The van der Waals surface area contributed by atoms with Crippen LogP contribution in [-0.4, -0.2) is 9.55 Å². The van der Waals surface area contributed by atoms with E-state index in [4.69, 9.17) is 5.73 Å². The highest BCUT2D eigenvalue weighted by molar-refractivity contribution is 5.51. The Labute approximate surface area is 124 Å². The third-order valence-electron chi connectivity index (χ3n) is 3.39. The van der Waals surface area contributed by atoms with Gasteiger partial charge in [0.25, 0.3) is 0 Å². The van der Waals surface area contributed by atoms with Gasteiger partial charge in [-0.1, -0.05) is 30.3 Å². The third kappa shape index (κ3) is 3.42. The average molecular weight is 278 g/mol. The number of nitrogens with two attached hydrogens (primary N) is 1. The van der Waals surface area contributed by atoms with Gasteiger partial charge >= 0.3 is 0 Å². The van der Waals surface area contributed by atoms with E-state index in [1.807, 2.05) is 41.4 Å². The fraction of sp³-hybridized carbons (Fsp3) is 0.118. The zero-order chi connectivity index (χ0) is 14.5. The number of hydrogen-bond acceptors (Lipinski definition) is 3. The summed E-state index contributed by atoms with van der Waals surface area (Å²) >= 11 is 0. The molecule has 4 heteroatoms. The number of nitrogens with zero attached hydrogens (tertiary/aromatic N) is 2. The molecule has 0 unspecified atom stereocenters. The lowest BCUT2D eigenvalue weighted by molar-refractivity contribution is 0.797. The Morgan fingerprint density at radius 2 is 2.00 bits per heavy atom. The second kappa shape index (κ2) is 6.13. The minimum absolute atomic E-state index is 0.723. The number of hydrogen-bond donors (Lipinski definition) is 2. The first kappa shape index (κ1) is 13.2. The molecule has 3 aromatic rings. The highest BCUT2D eigenvalue weighted by atomic mass is 15.0. The van der Waals surface area contributed by atoms with Crippen LogP contribution in [0, 0.1) is 0 Å². The second-order valence-electron chi connectivity index (χ2n) is 4.99. The maximum atomic E-state index is 5.95. The topological polar surface area (TPSA) is 55.9 Å². The van der Waals surface area contributed by atoms with Crippen molar-refractivity contribution in [3.8, 4) is 0 Å². The Balaban J connectivity index is 1.67. The van der Waals surface area contributed by atoms with E-state index in [9.17, 15) is 0 Å². The maximum Gasteiger partial charge on any atom is 0.0949 e. The van der Waals surface area contributed by atoms with E-state index in [2.05, 4.69) is 34.6 Å². The molecule has 0 radical (unpaired) electrons. The monoisotopic (exact) mass is 278 g/mol. The smallest absolute Gasteiger partial charge is 0.0949 e. The first-order valence-corrected chi connectivity index (χ1v) is 6.93. The van der Waals surface area contributed by atoms with Gasteiger partial charge < -0.3 is 15.6 Å². The van der Waals surface area contributed by atoms with Crippen LogP contribution >= 0.6 is 0 Å². The van der Waals surface area contributed by atoms with Crippen molar-refractivity contribution in [1.82, 2.24) is 9.55 Å². The Morgan fingerprint density at radius 1 is 1.10 bits per heavy atom. The molecule has 1 aromatic heterocycles. The van der Waals surface area contributed by atoms with Crippen molar-refractivity contribution in [3.05, 3.63) is 78.4 Å². The van der Waals surface area contributed by atoms with E-state index in [0.29, 0.717) is 0 Å². The van der Waals surface area contributed by atoms with E-state index < -0.39 is 0 Å². The molecule has 0 spiro atoms. The van der Waals surface area contributed by atoms with E-state index in [1.165, 1.54) is 5.56 Å². The first-order valence-electron chi connectivity index (χ1n) is 6.93. The van der Waals surface area contributed by atoms with Gasteiger partial charge in [-0.15, -0.1) is 0 Å². The van der Waals surface area contributed by atoms with Crippen molar-refractivity contribution < 1.29 is 0 Å². The lowest BCUT2D eigenvalue weighted by atomic mass is 10.1. The Kier molecular flexibility index (Phi) is 3.87. The molecule has 3 N–H and O–H groups in total. The van der Waals surface area contributed by atoms with Crippen molar-refractivity contribution in [1.29, 1.82) is 0 Å². The summed E-state index contributed by atoms with van der Waals surface area (Å²) in [5.41, 5.74) is 10.2. The second-order valence-corrected chi connectivity index (χ2v) is 4.99. The van der Waals surface area contributed by atoms with Crippen molar-refractivity contribution in [2.45, 2.75) is 13.1 Å². The minimum Gasteiger partial charge on any atom is -0.398 e. The normalized spacial score (nSPS) is 10.5. The minimum atomic E-state index is 0.723. The number of rotatable bonds is 5. The molecule has 0 amide bonds. The van der Waals surface area contributed by atoms with Gasteiger partial charge in [-0.2, -0.15) is 0 Å². The van der Waals surface area contributed by atoms with Gasteiger partial charge in [-0.05, 0) is 29.3 Å². The zero-order valence-corrected chi connectivity index (χ0v) is 11.7. The predicted octanol–water partition coefficient (Wildman–Crippen LogP) is 3.13. The summed E-state index contributed by atoms with van der Waals surface area (Å²) in [5.74, 6) is 0. The predicted molar refractivity (Wildman–Crippen MR) is 86.0 cm³/mol. The summed E-state index contributed by atoms with van der Waals surface area (Å²) in [7, 11) is 0. The van der Waals surface area contributed by atoms with Gasteiger partial charge in [0, 0.05) is 36.9 Å². The first-order chi connectivity index (χ1) is 10.3. The quantitative estimate of drug-likeness (QED) is 0.705. The highest BCUT2D eigenvalue weighted by Gasteiger charge is 2.00. The molecule has 21 heavy (non-hydrogen) atoms. The van der Waals surface area contributed by atoms with Gasteiger partial charge in [0.2, 0.25) is 0 Å². The Hall–Kier alpha value is -2.75. The van der Waals surface area contributed by atoms with Crippen molar-refractivity contribution in [3.63, 3.8) is 0 Å². The number of anilines is 2. The number of imidazole rings is 1. The van der Waals surface area contributed by atoms with Gasteiger partial charge in [-0.3, -0.25) is 0 Å². The molecule has 1 heterocycles. The summed E-state index contributed by atoms with van der Waals surface area (Å²) < 4.78 is 2.05. The molecule has 0 aliphatic carbocycles. The molecule has 2 aromatic carbocycles. The molecular weight excluding hydrogens is 260 g/mol. The number of nitrogen functional groups attached to an aromatic ring is 1. The van der Waals surface area contributed by atoms with Crippen LogP contribution in [0.4, 0.5) is 11.4 Å². The van der Waals surface area contributed by atoms with Gasteiger partial charge in [0.15, 0.2) is 0 Å². The highest BCUT2D eigenvalue weighted by Crippen LogP contribution is 2.16. The molecule has 0 bridgehead atoms. The van der Waals surface area contributed by atoms with Crippen LogP contribution in [-0.2, 0) is 13.1 Å². The van der Waals surface area contributed by atoms with Crippen molar-refractivity contribution in [2.24, 2.45) is 0 Å². The van der Waals surface area contributed by atoms with E-state index >= 15 is 0 Å². The summed E-state index contributed by atoms with van der Waals surface area (Å²) in [5, 5.41) is 3.42. The summed E-state index contributed by atoms with van der Waals surface area (Å²) in [6, 6.07) is 16.3. The third-order valence-corrected chi connectivity index (χ3v) is 3.39. The van der Waals surface area contributed by atoms with Crippen LogP contribution in [0.15, 0.2) is 67.3 Å². The van der Waals surface area contributed by atoms with E-state index in [-0.39, 0.29) is 0 Å². The fourth-order valence-electron chi connectivity index (χ4n) is 2.26. The molecule has 0 saturated carbocycles. The van der Waals surface area contributed by atoms with E-state index in [1.54, 1.807) is 6.20 Å². The van der Waals surface area contributed by atoms with Crippen LogP contribution in [0.3, 0.4) is 0 Å². The standard InChI is InChI=1S/C17H18N4/c18-17-7-2-1-5-15(17)11-20-16-6-3-4-14(10-16)12-21-9-8-19-13-21/h1-10,13,20H,11-12,18H2. The van der Waals surface area contributed by atoms with Crippen LogP contribution in [0.25, 0.3) is 0 Å². The Morgan fingerprint density at radius 3 is 2.81 bits per heavy atom. The van der Waals surface area contributed by atoms with E-state index in [0.717, 1.165) is 30.0 Å². The summed E-state index contributed by atoms with van der Waals surface area (Å²) in [4.78, 5) is 4.06. The van der Waals surface area contributed by atoms with Gasteiger partial charge in [0.1, 0.15) is 0 Å². The number of nitrogens with one attached hydrogen (secondary N) is 1. The lowest BCUT2D eigenvalue weighted by Crippen LogP contribution is -2.03. The Bertz CT molecular complexity index is 704. The summed E-state index contributed by atoms with van der Waals surface area (Å²) in [6.07, 6.45) is 5.58. The summed E-state index contributed by atoms with van der Waals surface area (Å²) in [6.45, 7) is 1.55. The van der Waals surface area contributed by atoms with Crippen LogP contribution < -0.4 is 11.1 Å². The van der Waals surface area contributed by atoms with Gasteiger partial charge in [0.05, 0.1) is 6.33 Å². The number of aromatic nitrogens is 2. The molecule has 3 rings (SSSR count). The van der Waals surface area contributed by atoms with Crippen LogP contribution in [0.5, 0.6) is 0 Å². The number of benzene rings is 2. The molecule has 0 atom stereocenters. The molecule has 0 fully saturated rings. The van der Waals surface area contributed by atoms with Crippen molar-refractivity contribution in [2.75, 3.05) is 11.1 Å². The largest absolute Gasteiger partial charge is 0.398 e. The zero-order valence-electron chi connectivity index (χ0n) is 11.7. The van der Waals surface area contributed by atoms with Gasteiger partial charge in [-0.25, -0.2) is 4.98 Å². The molecule has 0 saturated heterocycles. The lowest BCUT2D eigenvalue weighted by Gasteiger charge is -2.10. The average Bonchev–Trinajstić information content (AvgIpc) is 3.00. The molecule has 106 valence electrons. The molecular formula is C17H18N4. The van der Waals surface area contributed by atoms with Crippen LogP contribution in [0.2, 0.25) is 0 Å². The fourth-order valence-corrected chi connectivity index (χ4v) is 2.26. The van der Waals surface area contributed by atoms with Crippen molar-refractivity contribution >= 4 is 11.4 Å². The number of para-hydroxylation sites is 1. The maximum absolute atomic E-state index is 5.95.